The van der Waals surface area contributed by atoms with Crippen LogP contribution in [0.25, 0.3) is 0 Å². The van der Waals surface area contributed by atoms with Crippen molar-refractivity contribution in [2.75, 3.05) is 26.2 Å². The van der Waals surface area contributed by atoms with Gasteiger partial charge in [0.25, 0.3) is 5.69 Å². The van der Waals surface area contributed by atoms with E-state index in [0.717, 1.165) is 19.5 Å². The Kier molecular flexibility index (Phi) is 4.46. The van der Waals surface area contributed by atoms with Gasteiger partial charge in [0.15, 0.2) is 0 Å². The normalized spacial score (nSPS) is 15.9. The maximum Gasteiger partial charge on any atom is 0.273 e. The van der Waals surface area contributed by atoms with Gasteiger partial charge in [-0.15, -0.1) is 0 Å². The molecule has 1 heterocycles. The minimum atomic E-state index is -0.438. The average molecular weight is 263 g/mol. The van der Waals surface area contributed by atoms with Gasteiger partial charge in [-0.2, -0.15) is 0 Å². The second kappa shape index (κ2) is 6.29. The second-order valence-corrected chi connectivity index (χ2v) is 4.55. The highest BCUT2D eigenvalue weighted by molar-refractivity contribution is 5.80. The highest BCUT2D eigenvalue weighted by Crippen LogP contribution is 2.18. The molecular formula is C13H17N3O3. The lowest BCUT2D eigenvalue weighted by Gasteiger charge is -2.19. The summed E-state index contributed by atoms with van der Waals surface area (Å²) in [5, 5.41) is 14.1. The zero-order valence-electron chi connectivity index (χ0n) is 10.7. The summed E-state index contributed by atoms with van der Waals surface area (Å²) in [7, 11) is 0. The molecule has 1 aliphatic heterocycles. The highest BCUT2D eigenvalue weighted by Gasteiger charge is 2.20. The average Bonchev–Trinajstić information content (AvgIpc) is 2.68. The zero-order chi connectivity index (χ0) is 13.7. The Hall–Kier alpha value is -1.95. The maximum absolute atomic E-state index is 12.2. The summed E-state index contributed by atoms with van der Waals surface area (Å²) in [5.41, 5.74) is 0.499. The van der Waals surface area contributed by atoms with Gasteiger partial charge in [-0.05, 0) is 13.0 Å². The molecule has 0 spiro atoms. The lowest BCUT2D eigenvalue weighted by molar-refractivity contribution is -0.385. The molecule has 102 valence electrons. The van der Waals surface area contributed by atoms with Gasteiger partial charge >= 0.3 is 0 Å². The van der Waals surface area contributed by atoms with E-state index in [1.165, 1.54) is 6.07 Å². The Morgan fingerprint density at radius 1 is 1.32 bits per heavy atom. The molecule has 1 aliphatic rings. The molecule has 1 saturated heterocycles. The lowest BCUT2D eigenvalue weighted by atomic mass is 10.1. The molecule has 2 rings (SSSR count). The van der Waals surface area contributed by atoms with Crippen LogP contribution in [0.4, 0.5) is 5.69 Å². The molecule has 0 radical (unpaired) electrons. The SMILES string of the molecule is O=C(Cc1ccccc1[N+](=O)[O-])N1CCCNCC1. The van der Waals surface area contributed by atoms with E-state index in [0.29, 0.717) is 18.7 Å². The van der Waals surface area contributed by atoms with Crippen LogP contribution in [-0.2, 0) is 11.2 Å². The Bertz CT molecular complexity index is 468. The van der Waals surface area contributed by atoms with Crippen molar-refractivity contribution in [1.29, 1.82) is 0 Å². The third-order valence-corrected chi connectivity index (χ3v) is 3.22. The first-order valence-corrected chi connectivity index (χ1v) is 6.39. The van der Waals surface area contributed by atoms with Gasteiger partial charge in [-0.1, -0.05) is 18.2 Å². The van der Waals surface area contributed by atoms with Gasteiger partial charge in [0.2, 0.25) is 5.91 Å². The van der Waals surface area contributed by atoms with E-state index >= 15 is 0 Å². The topological polar surface area (TPSA) is 75.5 Å². The monoisotopic (exact) mass is 263 g/mol. The minimum absolute atomic E-state index is 0.0174. The smallest absolute Gasteiger partial charge is 0.273 e. The fraction of sp³-hybridized carbons (Fsp3) is 0.462. The van der Waals surface area contributed by atoms with Crippen LogP contribution in [0.3, 0.4) is 0 Å². The van der Waals surface area contributed by atoms with Crippen molar-refractivity contribution < 1.29 is 9.72 Å². The summed E-state index contributed by atoms with van der Waals surface area (Å²) >= 11 is 0. The summed E-state index contributed by atoms with van der Waals surface area (Å²) in [5.74, 6) is -0.0435. The van der Waals surface area contributed by atoms with Gasteiger partial charge in [0, 0.05) is 31.3 Å². The molecule has 1 aromatic rings. The molecule has 19 heavy (non-hydrogen) atoms. The van der Waals surface area contributed by atoms with Crippen LogP contribution in [0.15, 0.2) is 24.3 Å². The molecule has 1 aromatic carbocycles. The quantitative estimate of drug-likeness (QED) is 0.651. The van der Waals surface area contributed by atoms with E-state index in [4.69, 9.17) is 0 Å². The molecule has 1 fully saturated rings. The Morgan fingerprint density at radius 2 is 2.11 bits per heavy atom. The van der Waals surface area contributed by atoms with Gasteiger partial charge in [-0.3, -0.25) is 14.9 Å². The first kappa shape index (κ1) is 13.5. The zero-order valence-corrected chi connectivity index (χ0v) is 10.7. The van der Waals surface area contributed by atoms with Gasteiger partial charge in [0.1, 0.15) is 0 Å². The molecule has 6 nitrogen and oxygen atoms in total. The number of benzene rings is 1. The number of nitrogens with one attached hydrogen (secondary N) is 1. The first-order valence-electron chi connectivity index (χ1n) is 6.39. The fourth-order valence-electron chi connectivity index (χ4n) is 2.21. The summed E-state index contributed by atoms with van der Waals surface area (Å²) in [6.07, 6.45) is 1.01. The van der Waals surface area contributed by atoms with E-state index < -0.39 is 4.92 Å². The Morgan fingerprint density at radius 3 is 2.89 bits per heavy atom. The first-order chi connectivity index (χ1) is 9.18. The molecule has 6 heteroatoms. The maximum atomic E-state index is 12.2. The van der Waals surface area contributed by atoms with Crippen molar-refractivity contribution in [1.82, 2.24) is 10.2 Å². The van der Waals surface area contributed by atoms with Crippen LogP contribution >= 0.6 is 0 Å². The standard InChI is InChI=1S/C13H17N3O3/c17-13(15-8-3-6-14-7-9-15)10-11-4-1-2-5-12(11)16(18)19/h1-2,4-5,14H,3,6-10H2. The van der Waals surface area contributed by atoms with Gasteiger partial charge in [-0.25, -0.2) is 0 Å². The largest absolute Gasteiger partial charge is 0.341 e. The summed E-state index contributed by atoms with van der Waals surface area (Å²) < 4.78 is 0. The van der Waals surface area contributed by atoms with Crippen LogP contribution in [0.5, 0.6) is 0 Å². The molecule has 0 aliphatic carbocycles. The molecule has 0 saturated carbocycles. The number of nitrogens with zero attached hydrogens (tertiary/aromatic N) is 2. The predicted molar refractivity (Wildman–Crippen MR) is 70.9 cm³/mol. The van der Waals surface area contributed by atoms with Crippen molar-refractivity contribution in [3.8, 4) is 0 Å². The molecule has 0 atom stereocenters. The molecule has 0 bridgehead atoms. The number of nitro groups is 1. The number of para-hydroxylation sites is 1. The van der Waals surface area contributed by atoms with Crippen molar-refractivity contribution in [2.45, 2.75) is 12.8 Å². The fourth-order valence-corrected chi connectivity index (χ4v) is 2.21. The van der Waals surface area contributed by atoms with Crippen LogP contribution in [0.2, 0.25) is 0 Å². The number of carbonyl (C=O) groups excluding carboxylic acids is 1. The lowest BCUT2D eigenvalue weighted by Crippen LogP contribution is -2.35. The van der Waals surface area contributed by atoms with Gasteiger partial charge < -0.3 is 10.2 Å². The van der Waals surface area contributed by atoms with Crippen molar-refractivity contribution in [2.24, 2.45) is 0 Å². The molecular weight excluding hydrogens is 246 g/mol. The molecule has 0 aromatic heterocycles. The van der Waals surface area contributed by atoms with E-state index in [2.05, 4.69) is 5.32 Å². The third kappa shape index (κ3) is 3.51. The van der Waals surface area contributed by atoms with Gasteiger partial charge in [0.05, 0.1) is 11.3 Å². The number of amides is 1. The number of carbonyl (C=O) groups is 1. The van der Waals surface area contributed by atoms with E-state index in [1.54, 1.807) is 23.1 Å². The summed E-state index contributed by atoms with van der Waals surface area (Å²) in [6, 6.07) is 6.42. The van der Waals surface area contributed by atoms with Crippen LogP contribution in [0.1, 0.15) is 12.0 Å². The Labute approximate surface area is 111 Å². The van der Waals surface area contributed by atoms with E-state index in [1.807, 2.05) is 0 Å². The van der Waals surface area contributed by atoms with Crippen LogP contribution in [-0.4, -0.2) is 41.9 Å². The highest BCUT2D eigenvalue weighted by atomic mass is 16.6. The number of hydrogen-bond donors (Lipinski definition) is 1. The second-order valence-electron chi connectivity index (χ2n) is 4.55. The van der Waals surface area contributed by atoms with Crippen molar-refractivity contribution >= 4 is 11.6 Å². The Balaban J connectivity index is 2.07. The van der Waals surface area contributed by atoms with E-state index in [9.17, 15) is 14.9 Å². The van der Waals surface area contributed by atoms with Crippen LogP contribution in [0, 0.1) is 10.1 Å². The molecule has 1 amide bonds. The third-order valence-electron chi connectivity index (χ3n) is 3.22. The summed E-state index contributed by atoms with van der Waals surface area (Å²) in [6.45, 7) is 3.07. The minimum Gasteiger partial charge on any atom is -0.341 e. The van der Waals surface area contributed by atoms with E-state index in [-0.39, 0.29) is 18.0 Å². The number of rotatable bonds is 3. The number of hydrogen-bond acceptors (Lipinski definition) is 4. The van der Waals surface area contributed by atoms with Crippen LogP contribution < -0.4 is 5.32 Å². The predicted octanol–water partition coefficient (Wildman–Crippen LogP) is 0.959. The molecule has 0 unspecified atom stereocenters. The molecule has 1 N–H and O–H groups in total. The van der Waals surface area contributed by atoms with Crippen molar-refractivity contribution in [3.63, 3.8) is 0 Å². The number of nitro benzene ring substituents is 1. The van der Waals surface area contributed by atoms with Crippen molar-refractivity contribution in [3.05, 3.63) is 39.9 Å². The summed E-state index contributed by atoms with van der Waals surface area (Å²) in [4.78, 5) is 24.4.